The summed E-state index contributed by atoms with van der Waals surface area (Å²) in [5.74, 6) is 0.830. The number of hydrogen-bond donors (Lipinski definition) is 1. The summed E-state index contributed by atoms with van der Waals surface area (Å²) in [6.45, 7) is 5.25. The van der Waals surface area contributed by atoms with Crippen molar-refractivity contribution in [3.63, 3.8) is 0 Å². The summed E-state index contributed by atoms with van der Waals surface area (Å²) in [4.78, 5) is 4.25. The van der Waals surface area contributed by atoms with E-state index in [4.69, 9.17) is 0 Å². The fraction of sp³-hybridized carbons (Fsp3) is 0.200. The Morgan fingerprint density at radius 3 is 2.89 bits per heavy atom. The van der Waals surface area contributed by atoms with Crippen molar-refractivity contribution in [3.8, 4) is 0 Å². The molecular weight excluding hydrogens is 302 g/mol. The lowest BCUT2D eigenvalue weighted by molar-refractivity contribution is -0.699. The minimum absolute atomic E-state index is 0.830. The van der Waals surface area contributed by atoms with E-state index in [2.05, 4.69) is 69.1 Å². The van der Waals surface area contributed by atoms with E-state index >= 15 is 0 Å². The normalized spacial score (nSPS) is 10.9. The van der Waals surface area contributed by atoms with Gasteiger partial charge in [-0.05, 0) is 47.1 Å². The van der Waals surface area contributed by atoms with Gasteiger partial charge in [-0.25, -0.2) is 9.55 Å². The van der Waals surface area contributed by atoms with Crippen molar-refractivity contribution in [1.29, 1.82) is 0 Å². The lowest BCUT2D eigenvalue weighted by Gasteiger charge is -2.01. The van der Waals surface area contributed by atoms with Crippen LogP contribution in [0.1, 0.15) is 18.2 Å². The van der Waals surface area contributed by atoms with Crippen molar-refractivity contribution in [2.45, 2.75) is 20.4 Å². The summed E-state index contributed by atoms with van der Waals surface area (Å²) < 4.78 is 3.20. The van der Waals surface area contributed by atoms with Crippen LogP contribution in [0.15, 0.2) is 47.3 Å². The van der Waals surface area contributed by atoms with Gasteiger partial charge in [0.1, 0.15) is 12.4 Å². The SMILES string of the molecule is CC[n+]1cccc(C=CNc2ccc(Br)cn2)c1C. The zero-order chi connectivity index (χ0) is 13.7. The summed E-state index contributed by atoms with van der Waals surface area (Å²) >= 11 is 3.36. The Labute approximate surface area is 122 Å². The van der Waals surface area contributed by atoms with Gasteiger partial charge in [0.2, 0.25) is 0 Å². The number of nitrogens with one attached hydrogen (secondary N) is 1. The highest BCUT2D eigenvalue weighted by atomic mass is 79.9. The molecule has 0 aliphatic rings. The van der Waals surface area contributed by atoms with Gasteiger partial charge in [0.05, 0.1) is 0 Å². The second kappa shape index (κ2) is 6.48. The molecule has 3 nitrogen and oxygen atoms in total. The predicted molar refractivity (Wildman–Crippen MR) is 81.6 cm³/mol. The van der Waals surface area contributed by atoms with Gasteiger partial charge in [-0.15, -0.1) is 0 Å². The van der Waals surface area contributed by atoms with Crippen LogP contribution in [0.25, 0.3) is 6.08 Å². The first-order valence-electron chi connectivity index (χ1n) is 6.24. The number of pyridine rings is 2. The lowest BCUT2D eigenvalue weighted by Crippen LogP contribution is -2.35. The summed E-state index contributed by atoms with van der Waals surface area (Å²) in [7, 11) is 0. The molecule has 2 aromatic rings. The molecule has 0 saturated heterocycles. The summed E-state index contributed by atoms with van der Waals surface area (Å²) in [5, 5.41) is 3.16. The van der Waals surface area contributed by atoms with E-state index in [1.807, 2.05) is 18.3 Å². The first-order valence-corrected chi connectivity index (χ1v) is 7.03. The molecule has 0 aromatic carbocycles. The minimum atomic E-state index is 0.830. The first kappa shape index (κ1) is 13.7. The lowest BCUT2D eigenvalue weighted by atomic mass is 10.2. The van der Waals surface area contributed by atoms with Crippen LogP contribution in [-0.4, -0.2) is 4.98 Å². The van der Waals surface area contributed by atoms with E-state index < -0.39 is 0 Å². The Balaban J connectivity index is 2.09. The topological polar surface area (TPSA) is 28.8 Å². The fourth-order valence-corrected chi connectivity index (χ4v) is 2.08. The molecule has 0 aliphatic heterocycles. The average molecular weight is 319 g/mol. The molecule has 0 amide bonds. The molecule has 2 rings (SSSR count). The molecule has 98 valence electrons. The molecule has 0 spiro atoms. The molecule has 1 N–H and O–H groups in total. The van der Waals surface area contributed by atoms with Crippen molar-refractivity contribution < 1.29 is 4.57 Å². The smallest absolute Gasteiger partial charge is 0.185 e. The van der Waals surface area contributed by atoms with E-state index in [0.717, 1.165) is 16.8 Å². The molecule has 0 aliphatic carbocycles. The van der Waals surface area contributed by atoms with Crippen LogP contribution < -0.4 is 9.88 Å². The Bertz CT molecular complexity index is 576. The monoisotopic (exact) mass is 318 g/mol. The number of rotatable bonds is 4. The average Bonchev–Trinajstić information content (AvgIpc) is 2.43. The Kier molecular flexibility index (Phi) is 4.68. The molecule has 0 atom stereocenters. The standard InChI is InChI=1S/C15H17BrN3/c1-3-19-10-4-5-13(12(19)2)8-9-17-15-7-6-14(16)11-18-15/h4-11H,3H2,1-2H3,(H,17,18)/q+1. The molecule has 0 unspecified atom stereocenters. The highest BCUT2D eigenvalue weighted by molar-refractivity contribution is 9.10. The number of halogens is 1. The zero-order valence-corrected chi connectivity index (χ0v) is 12.7. The largest absolute Gasteiger partial charge is 0.347 e. The van der Waals surface area contributed by atoms with E-state index in [-0.39, 0.29) is 0 Å². The Morgan fingerprint density at radius 2 is 2.21 bits per heavy atom. The van der Waals surface area contributed by atoms with Crippen molar-refractivity contribution in [2.24, 2.45) is 0 Å². The fourth-order valence-electron chi connectivity index (χ4n) is 1.85. The highest BCUT2D eigenvalue weighted by Gasteiger charge is 2.05. The van der Waals surface area contributed by atoms with Crippen molar-refractivity contribution in [2.75, 3.05) is 5.32 Å². The number of nitrogens with zero attached hydrogens (tertiary/aromatic N) is 2. The van der Waals surface area contributed by atoms with E-state index in [9.17, 15) is 0 Å². The van der Waals surface area contributed by atoms with E-state index in [0.29, 0.717) is 0 Å². The number of anilines is 1. The van der Waals surface area contributed by atoms with Crippen LogP contribution in [0.2, 0.25) is 0 Å². The van der Waals surface area contributed by atoms with Crippen molar-refractivity contribution in [3.05, 3.63) is 58.6 Å². The maximum Gasteiger partial charge on any atom is 0.185 e. The van der Waals surface area contributed by atoms with Gasteiger partial charge in [-0.3, -0.25) is 0 Å². The molecule has 2 heterocycles. The summed E-state index contributed by atoms with van der Waals surface area (Å²) in [6.07, 6.45) is 7.84. The third kappa shape index (κ3) is 3.64. The second-order valence-electron chi connectivity index (χ2n) is 4.17. The number of aromatic nitrogens is 2. The molecule has 0 fully saturated rings. The van der Waals surface area contributed by atoms with Gasteiger partial charge in [0.15, 0.2) is 11.9 Å². The Morgan fingerprint density at radius 1 is 1.37 bits per heavy atom. The molecule has 19 heavy (non-hydrogen) atoms. The van der Waals surface area contributed by atoms with Gasteiger partial charge in [-0.1, -0.05) is 0 Å². The van der Waals surface area contributed by atoms with E-state index in [1.165, 1.54) is 11.3 Å². The minimum Gasteiger partial charge on any atom is -0.347 e. The predicted octanol–water partition coefficient (Wildman–Crippen LogP) is 3.54. The van der Waals surface area contributed by atoms with Crippen LogP contribution >= 0.6 is 15.9 Å². The van der Waals surface area contributed by atoms with Crippen molar-refractivity contribution in [1.82, 2.24) is 4.98 Å². The maximum atomic E-state index is 4.25. The quantitative estimate of drug-likeness (QED) is 0.873. The molecule has 4 heteroatoms. The number of aryl methyl sites for hydroxylation is 1. The molecule has 0 saturated carbocycles. The molecule has 0 radical (unpaired) electrons. The van der Waals surface area contributed by atoms with Gasteiger partial charge >= 0.3 is 0 Å². The second-order valence-corrected chi connectivity index (χ2v) is 5.09. The summed E-state index contributed by atoms with van der Waals surface area (Å²) in [6, 6.07) is 8.06. The summed E-state index contributed by atoms with van der Waals surface area (Å²) in [5.41, 5.74) is 2.46. The van der Waals surface area contributed by atoms with Crippen molar-refractivity contribution >= 4 is 27.8 Å². The first-order chi connectivity index (χ1) is 9.20. The third-order valence-electron chi connectivity index (χ3n) is 2.95. The Hall–Kier alpha value is -1.68. The van der Waals surface area contributed by atoms with Crippen LogP contribution in [-0.2, 0) is 6.54 Å². The molecule has 2 aromatic heterocycles. The van der Waals surface area contributed by atoms with Gasteiger partial charge < -0.3 is 5.32 Å². The molecular formula is C15H17BrN3+. The van der Waals surface area contributed by atoms with Gasteiger partial charge in [-0.2, -0.15) is 0 Å². The number of hydrogen-bond acceptors (Lipinski definition) is 2. The van der Waals surface area contributed by atoms with Crippen LogP contribution in [0.3, 0.4) is 0 Å². The van der Waals surface area contributed by atoms with Crippen LogP contribution in [0, 0.1) is 6.92 Å². The zero-order valence-electron chi connectivity index (χ0n) is 11.1. The van der Waals surface area contributed by atoms with E-state index in [1.54, 1.807) is 6.20 Å². The van der Waals surface area contributed by atoms with Gasteiger partial charge in [0.25, 0.3) is 0 Å². The van der Waals surface area contributed by atoms with Crippen LogP contribution in [0.4, 0.5) is 5.82 Å². The molecule has 0 bridgehead atoms. The van der Waals surface area contributed by atoms with Crippen LogP contribution in [0.5, 0.6) is 0 Å². The third-order valence-corrected chi connectivity index (χ3v) is 3.42. The highest BCUT2D eigenvalue weighted by Crippen LogP contribution is 2.11. The van der Waals surface area contributed by atoms with Gasteiger partial charge in [0, 0.05) is 35.4 Å². The maximum absolute atomic E-state index is 4.25.